The summed E-state index contributed by atoms with van der Waals surface area (Å²) in [5.74, 6) is 0.119. The van der Waals surface area contributed by atoms with Crippen molar-refractivity contribution in [1.29, 1.82) is 0 Å². The fourth-order valence-corrected chi connectivity index (χ4v) is 1.36. The van der Waals surface area contributed by atoms with Crippen LogP contribution in [0.15, 0.2) is 18.2 Å². The van der Waals surface area contributed by atoms with Crippen LogP contribution in [0.1, 0.15) is 5.56 Å². The summed E-state index contributed by atoms with van der Waals surface area (Å²) in [6.07, 6.45) is 2.32. The highest BCUT2D eigenvalue weighted by atomic mass is 16.5. The van der Waals surface area contributed by atoms with Crippen LogP contribution in [0.3, 0.4) is 0 Å². The molecule has 0 aliphatic heterocycles. The second-order valence-electron chi connectivity index (χ2n) is 3.11. The first-order valence-corrected chi connectivity index (χ1v) is 4.81. The van der Waals surface area contributed by atoms with E-state index >= 15 is 0 Å². The van der Waals surface area contributed by atoms with Gasteiger partial charge in [0.05, 0.1) is 27.3 Å². The molecule has 1 rings (SSSR count). The van der Waals surface area contributed by atoms with Gasteiger partial charge in [0.15, 0.2) is 11.5 Å². The van der Waals surface area contributed by atoms with Crippen molar-refractivity contribution in [1.82, 2.24) is 0 Å². The fourth-order valence-electron chi connectivity index (χ4n) is 1.36. The molecule has 0 bridgehead atoms. The first-order chi connectivity index (χ1) is 8.12. The van der Waals surface area contributed by atoms with Crippen LogP contribution >= 0.6 is 0 Å². The minimum absolute atomic E-state index is 0.459. The molecule has 1 aromatic rings. The summed E-state index contributed by atoms with van der Waals surface area (Å²) in [5.41, 5.74) is 0.615. The summed E-state index contributed by atoms with van der Waals surface area (Å²) >= 11 is 0. The second kappa shape index (κ2) is 5.79. The third-order valence-electron chi connectivity index (χ3n) is 2.10. The van der Waals surface area contributed by atoms with Gasteiger partial charge in [-0.25, -0.2) is 0 Å². The molecule has 0 atom stereocenters. The van der Waals surface area contributed by atoms with Gasteiger partial charge in [-0.3, -0.25) is 0 Å². The second-order valence-corrected chi connectivity index (χ2v) is 3.11. The Labute approximate surface area is 99.2 Å². The van der Waals surface area contributed by atoms with Crippen molar-refractivity contribution in [3.8, 4) is 17.2 Å². The predicted molar refractivity (Wildman–Crippen MR) is 60.1 cm³/mol. The molecule has 5 nitrogen and oxygen atoms in total. The topological polar surface area (TPSA) is 67.8 Å². The first-order valence-electron chi connectivity index (χ1n) is 4.81. The third-order valence-corrected chi connectivity index (χ3v) is 2.10. The largest absolute Gasteiger partial charge is 0.545 e. The zero-order valence-corrected chi connectivity index (χ0v) is 9.85. The Hall–Kier alpha value is -2.17. The molecular formula is C12H13O5-. The van der Waals surface area contributed by atoms with Crippen molar-refractivity contribution >= 4 is 12.0 Å². The number of carboxylic acid groups (broad SMARTS) is 1. The molecule has 0 saturated carbocycles. The number of hydrogen-bond acceptors (Lipinski definition) is 5. The quantitative estimate of drug-likeness (QED) is 0.696. The maximum absolute atomic E-state index is 10.3. The summed E-state index contributed by atoms with van der Waals surface area (Å²) < 4.78 is 15.4. The molecule has 0 saturated heterocycles. The van der Waals surface area contributed by atoms with Gasteiger partial charge < -0.3 is 24.1 Å². The number of hydrogen-bond donors (Lipinski definition) is 0. The van der Waals surface area contributed by atoms with E-state index in [1.807, 2.05) is 0 Å². The smallest absolute Gasteiger partial charge is 0.203 e. The van der Waals surface area contributed by atoms with Crippen LogP contribution in [0.5, 0.6) is 17.2 Å². The zero-order chi connectivity index (χ0) is 12.8. The average Bonchev–Trinajstić information content (AvgIpc) is 2.34. The van der Waals surface area contributed by atoms with Crippen LogP contribution in [-0.4, -0.2) is 27.3 Å². The first kappa shape index (κ1) is 12.9. The molecule has 0 radical (unpaired) electrons. The normalized spacial score (nSPS) is 10.3. The number of ether oxygens (including phenoxy) is 3. The highest BCUT2D eigenvalue weighted by Gasteiger charge is 2.11. The van der Waals surface area contributed by atoms with E-state index in [0.717, 1.165) is 6.08 Å². The highest BCUT2D eigenvalue weighted by molar-refractivity contribution is 5.84. The Balaban J connectivity index is 3.22. The maximum atomic E-state index is 10.3. The van der Waals surface area contributed by atoms with Crippen LogP contribution < -0.4 is 19.3 Å². The average molecular weight is 237 g/mol. The Morgan fingerprint density at radius 1 is 1.12 bits per heavy atom. The van der Waals surface area contributed by atoms with Gasteiger partial charge in [-0.1, -0.05) is 6.08 Å². The van der Waals surface area contributed by atoms with E-state index < -0.39 is 5.97 Å². The lowest BCUT2D eigenvalue weighted by Crippen LogP contribution is -2.18. The van der Waals surface area contributed by atoms with Gasteiger partial charge in [0.2, 0.25) is 5.75 Å². The Kier molecular flexibility index (Phi) is 4.39. The van der Waals surface area contributed by atoms with Crippen LogP contribution in [-0.2, 0) is 4.79 Å². The monoisotopic (exact) mass is 237 g/mol. The van der Waals surface area contributed by atoms with E-state index in [9.17, 15) is 9.90 Å². The number of carboxylic acids is 1. The summed E-state index contributed by atoms with van der Waals surface area (Å²) in [6.45, 7) is 0. The van der Waals surface area contributed by atoms with Crippen molar-refractivity contribution in [2.45, 2.75) is 0 Å². The summed E-state index contributed by atoms with van der Waals surface area (Å²) in [7, 11) is 4.48. The SMILES string of the molecule is COc1cc(/C=C\C(=O)[O-])cc(OC)c1OC. The van der Waals surface area contributed by atoms with Crippen LogP contribution in [0, 0.1) is 0 Å². The van der Waals surface area contributed by atoms with Gasteiger partial charge in [0.25, 0.3) is 0 Å². The molecule has 0 amide bonds. The molecule has 0 unspecified atom stereocenters. The summed E-state index contributed by atoms with van der Waals surface area (Å²) in [4.78, 5) is 10.3. The summed E-state index contributed by atoms with van der Waals surface area (Å²) in [5, 5.41) is 10.3. The molecule has 0 spiro atoms. The van der Waals surface area contributed by atoms with Crippen molar-refractivity contribution in [3.63, 3.8) is 0 Å². The van der Waals surface area contributed by atoms with E-state index in [1.165, 1.54) is 27.4 Å². The molecule has 0 aliphatic rings. The number of carbonyl (C=O) groups excluding carboxylic acids is 1. The van der Waals surface area contributed by atoms with Gasteiger partial charge in [0.1, 0.15) is 0 Å². The maximum Gasteiger partial charge on any atom is 0.203 e. The zero-order valence-electron chi connectivity index (χ0n) is 9.85. The van der Waals surface area contributed by atoms with Crippen molar-refractivity contribution in [2.24, 2.45) is 0 Å². The van der Waals surface area contributed by atoms with E-state index in [4.69, 9.17) is 14.2 Å². The molecule has 92 valence electrons. The molecule has 0 fully saturated rings. The Morgan fingerprint density at radius 2 is 1.65 bits per heavy atom. The van der Waals surface area contributed by atoms with Gasteiger partial charge >= 0.3 is 0 Å². The lowest BCUT2D eigenvalue weighted by atomic mass is 10.1. The number of aliphatic carboxylic acids is 1. The van der Waals surface area contributed by atoms with Crippen molar-refractivity contribution in [3.05, 3.63) is 23.8 Å². The molecule has 0 aromatic heterocycles. The fraction of sp³-hybridized carbons (Fsp3) is 0.250. The van der Waals surface area contributed by atoms with Crippen LogP contribution in [0.2, 0.25) is 0 Å². The van der Waals surface area contributed by atoms with Gasteiger partial charge in [0, 0.05) is 0 Å². The predicted octanol–water partition coefficient (Wildman–Crippen LogP) is 0.476. The molecule has 17 heavy (non-hydrogen) atoms. The summed E-state index contributed by atoms with van der Waals surface area (Å²) in [6, 6.07) is 3.28. The van der Waals surface area contributed by atoms with E-state index in [-0.39, 0.29) is 0 Å². The molecule has 0 aliphatic carbocycles. The van der Waals surface area contributed by atoms with E-state index in [1.54, 1.807) is 12.1 Å². The third kappa shape index (κ3) is 3.14. The molecule has 5 heteroatoms. The van der Waals surface area contributed by atoms with E-state index in [2.05, 4.69) is 0 Å². The Bertz CT molecular complexity index is 412. The lowest BCUT2D eigenvalue weighted by Gasteiger charge is -2.12. The minimum atomic E-state index is -1.27. The molecule has 1 aromatic carbocycles. The highest BCUT2D eigenvalue weighted by Crippen LogP contribution is 2.38. The number of rotatable bonds is 5. The van der Waals surface area contributed by atoms with Gasteiger partial charge in [-0.05, 0) is 23.8 Å². The number of benzene rings is 1. The van der Waals surface area contributed by atoms with Gasteiger partial charge in [-0.15, -0.1) is 0 Å². The van der Waals surface area contributed by atoms with E-state index in [0.29, 0.717) is 22.8 Å². The number of methoxy groups -OCH3 is 3. The number of carbonyl (C=O) groups is 1. The molecule has 0 heterocycles. The Morgan fingerprint density at radius 3 is 2.00 bits per heavy atom. The van der Waals surface area contributed by atoms with Crippen molar-refractivity contribution < 1.29 is 24.1 Å². The van der Waals surface area contributed by atoms with Crippen LogP contribution in [0.25, 0.3) is 6.08 Å². The molecular weight excluding hydrogens is 224 g/mol. The lowest BCUT2D eigenvalue weighted by molar-refractivity contribution is -0.297. The van der Waals surface area contributed by atoms with Crippen molar-refractivity contribution in [2.75, 3.05) is 21.3 Å². The molecule has 0 N–H and O–H groups in total. The minimum Gasteiger partial charge on any atom is -0.545 e. The van der Waals surface area contributed by atoms with Gasteiger partial charge in [-0.2, -0.15) is 0 Å². The standard InChI is InChI=1S/C12H14O5/c1-15-9-6-8(4-5-11(13)14)7-10(16-2)12(9)17-3/h4-7H,1-3H3,(H,13,14)/p-1/b5-4-. The van der Waals surface area contributed by atoms with Crippen LogP contribution in [0.4, 0.5) is 0 Å².